The van der Waals surface area contributed by atoms with E-state index in [1.807, 2.05) is 6.92 Å². The minimum absolute atomic E-state index is 0.117. The van der Waals surface area contributed by atoms with E-state index in [9.17, 15) is 13.7 Å². The lowest BCUT2D eigenvalue weighted by Crippen LogP contribution is -2.10. The molecule has 7 nitrogen and oxygen atoms in total. The number of pyridine rings is 2. The third kappa shape index (κ3) is 2.84. The minimum atomic E-state index is -1.27. The Labute approximate surface area is 141 Å². The Kier molecular flexibility index (Phi) is 4.22. The van der Waals surface area contributed by atoms with Crippen LogP contribution >= 0.6 is 0 Å². The molecule has 3 heterocycles. The van der Waals surface area contributed by atoms with Crippen molar-refractivity contribution in [3.8, 4) is 17.1 Å². The van der Waals surface area contributed by atoms with Crippen LogP contribution in [0.4, 0.5) is 19.5 Å². The van der Waals surface area contributed by atoms with E-state index in [2.05, 4.69) is 20.2 Å². The maximum absolute atomic E-state index is 13.7. The topological polar surface area (TPSA) is 78.3 Å². The Hall–Kier alpha value is -3.23. The van der Waals surface area contributed by atoms with Crippen molar-refractivity contribution in [1.29, 1.82) is 0 Å². The van der Waals surface area contributed by atoms with Crippen LogP contribution in [0.2, 0.25) is 0 Å². The Balaban J connectivity index is 2.20. The third-order valence-corrected chi connectivity index (χ3v) is 3.90. The smallest absolute Gasteiger partial charge is 0.450 e. The molecule has 130 valence electrons. The number of hydrogen-bond acceptors (Lipinski definition) is 5. The number of halogens is 2. The van der Waals surface area contributed by atoms with Gasteiger partial charge in [-0.05, 0) is 18.6 Å². The van der Waals surface area contributed by atoms with Crippen molar-refractivity contribution in [2.45, 2.75) is 6.92 Å². The summed E-state index contributed by atoms with van der Waals surface area (Å²) in [6.45, 7) is 1.85. The minimum Gasteiger partial charge on any atom is -0.481 e. The lowest BCUT2D eigenvalue weighted by molar-refractivity contribution is -0.0544. The average Bonchev–Trinajstić information content (AvgIpc) is 2.85. The second kappa shape index (κ2) is 6.34. The standard InChI is InChI=1S/C16H14F2N4O3/c1-8-11-7-19-13(21-16(23)25-18)5-12(11)22(2)14(8)10-4-9(17)6-20-15(10)24-3/h4-7H,1-3H3,(H,19,21,23). The molecule has 0 aliphatic rings. The number of nitrogens with zero attached hydrogens (tertiary/aromatic N) is 3. The molecule has 0 bridgehead atoms. The second-order valence-electron chi connectivity index (χ2n) is 5.32. The molecule has 25 heavy (non-hydrogen) atoms. The van der Waals surface area contributed by atoms with Crippen LogP contribution in [-0.2, 0) is 12.0 Å². The van der Waals surface area contributed by atoms with Crippen LogP contribution in [-0.4, -0.2) is 27.7 Å². The number of aryl methyl sites for hydroxylation is 2. The number of aromatic nitrogens is 3. The van der Waals surface area contributed by atoms with Crippen molar-refractivity contribution >= 4 is 22.8 Å². The molecule has 1 amide bonds. The van der Waals surface area contributed by atoms with E-state index in [4.69, 9.17) is 4.74 Å². The number of hydrogen-bond donors (Lipinski definition) is 1. The predicted octanol–water partition coefficient (Wildman–Crippen LogP) is 3.52. The Morgan fingerprint density at radius 1 is 1.28 bits per heavy atom. The van der Waals surface area contributed by atoms with Gasteiger partial charge in [-0.25, -0.2) is 24.1 Å². The first kappa shape index (κ1) is 16.6. The summed E-state index contributed by atoms with van der Waals surface area (Å²) in [6.07, 6.45) is 1.34. The number of carbonyl (C=O) groups excluding carboxylic acids is 1. The molecule has 0 fully saturated rings. The molecule has 0 spiro atoms. The molecule has 0 aliphatic carbocycles. The Morgan fingerprint density at radius 3 is 2.72 bits per heavy atom. The Morgan fingerprint density at radius 2 is 2.04 bits per heavy atom. The lowest BCUT2D eigenvalue weighted by Gasteiger charge is -2.10. The van der Waals surface area contributed by atoms with Gasteiger partial charge in [0, 0.05) is 29.2 Å². The van der Waals surface area contributed by atoms with Crippen molar-refractivity contribution in [2.24, 2.45) is 7.05 Å². The van der Waals surface area contributed by atoms with Crippen molar-refractivity contribution in [1.82, 2.24) is 14.5 Å². The SMILES string of the molecule is COc1ncc(F)cc1-c1c(C)c2cnc(NC(=O)OF)cc2n1C. The first-order valence-electron chi connectivity index (χ1n) is 7.20. The van der Waals surface area contributed by atoms with Gasteiger partial charge < -0.3 is 9.30 Å². The van der Waals surface area contributed by atoms with Crippen LogP contribution in [0.1, 0.15) is 5.56 Å². The van der Waals surface area contributed by atoms with Gasteiger partial charge in [0.25, 0.3) is 0 Å². The van der Waals surface area contributed by atoms with Gasteiger partial charge in [0.1, 0.15) is 11.6 Å². The summed E-state index contributed by atoms with van der Waals surface area (Å²) < 4.78 is 32.6. The van der Waals surface area contributed by atoms with E-state index in [0.29, 0.717) is 16.8 Å². The maximum atomic E-state index is 13.7. The largest absolute Gasteiger partial charge is 0.481 e. The molecular weight excluding hydrogens is 334 g/mol. The van der Waals surface area contributed by atoms with E-state index in [1.54, 1.807) is 17.7 Å². The second-order valence-corrected chi connectivity index (χ2v) is 5.32. The fourth-order valence-corrected chi connectivity index (χ4v) is 2.84. The highest BCUT2D eigenvalue weighted by atomic mass is 19.3. The van der Waals surface area contributed by atoms with E-state index in [-0.39, 0.29) is 11.7 Å². The summed E-state index contributed by atoms with van der Waals surface area (Å²) in [5, 5.41) is 2.93. The molecule has 3 aromatic rings. The summed E-state index contributed by atoms with van der Waals surface area (Å²) in [5.74, 6) is -0.0963. The van der Waals surface area contributed by atoms with Crippen LogP contribution in [0.5, 0.6) is 5.88 Å². The molecule has 0 radical (unpaired) electrons. The Bertz CT molecular complexity index is 972. The molecule has 3 rings (SSSR count). The zero-order valence-corrected chi connectivity index (χ0v) is 13.6. The molecule has 3 aromatic heterocycles. The number of amides is 1. The van der Waals surface area contributed by atoms with Crippen molar-refractivity contribution in [3.63, 3.8) is 0 Å². The zero-order chi connectivity index (χ0) is 18.1. The first-order valence-corrected chi connectivity index (χ1v) is 7.20. The number of methoxy groups -OCH3 is 1. The van der Waals surface area contributed by atoms with E-state index >= 15 is 0 Å². The highest BCUT2D eigenvalue weighted by Crippen LogP contribution is 2.36. The van der Waals surface area contributed by atoms with Gasteiger partial charge in [-0.15, -0.1) is 0 Å². The number of rotatable bonds is 3. The molecule has 0 saturated heterocycles. The van der Waals surface area contributed by atoms with Gasteiger partial charge in [-0.2, -0.15) is 0 Å². The monoisotopic (exact) mass is 348 g/mol. The summed E-state index contributed by atoms with van der Waals surface area (Å²) in [4.78, 5) is 22.1. The van der Waals surface area contributed by atoms with Gasteiger partial charge in [0.2, 0.25) is 5.88 Å². The lowest BCUT2D eigenvalue weighted by atomic mass is 10.1. The molecule has 0 atom stereocenters. The number of anilines is 1. The molecule has 0 unspecified atom stereocenters. The third-order valence-electron chi connectivity index (χ3n) is 3.90. The van der Waals surface area contributed by atoms with Crippen molar-refractivity contribution in [3.05, 3.63) is 35.9 Å². The van der Waals surface area contributed by atoms with Crippen LogP contribution < -0.4 is 10.1 Å². The molecule has 0 aromatic carbocycles. The fourth-order valence-electron chi connectivity index (χ4n) is 2.84. The summed E-state index contributed by atoms with van der Waals surface area (Å²) >= 11 is 0. The van der Waals surface area contributed by atoms with Gasteiger partial charge in [-0.3, -0.25) is 5.32 Å². The summed E-state index contributed by atoms with van der Waals surface area (Å²) in [7, 11) is 3.22. The normalized spacial score (nSPS) is 10.8. The molecular formula is C16H14F2N4O3. The van der Waals surface area contributed by atoms with E-state index in [1.165, 1.54) is 19.4 Å². The van der Waals surface area contributed by atoms with Gasteiger partial charge in [0.15, 0.2) is 0 Å². The number of fused-ring (bicyclic) bond motifs is 1. The number of ether oxygens (including phenoxy) is 1. The van der Waals surface area contributed by atoms with Crippen LogP contribution in [0, 0.1) is 12.7 Å². The predicted molar refractivity (Wildman–Crippen MR) is 86.4 cm³/mol. The zero-order valence-electron chi connectivity index (χ0n) is 13.6. The fraction of sp³-hybridized carbons (Fsp3) is 0.188. The molecule has 0 aliphatic heterocycles. The maximum Gasteiger partial charge on any atom is 0.450 e. The molecule has 1 N–H and O–H groups in total. The van der Waals surface area contributed by atoms with Gasteiger partial charge in [0.05, 0.1) is 30.1 Å². The quantitative estimate of drug-likeness (QED) is 0.783. The molecule has 0 saturated carbocycles. The average molecular weight is 348 g/mol. The van der Waals surface area contributed by atoms with Crippen LogP contribution in [0.3, 0.4) is 0 Å². The highest BCUT2D eigenvalue weighted by Gasteiger charge is 2.19. The molecule has 9 heteroatoms. The van der Waals surface area contributed by atoms with Gasteiger partial charge in [-0.1, -0.05) is 0 Å². The summed E-state index contributed by atoms with van der Waals surface area (Å²) in [6, 6.07) is 2.89. The highest BCUT2D eigenvalue weighted by molar-refractivity contribution is 5.94. The summed E-state index contributed by atoms with van der Waals surface area (Å²) in [5.41, 5.74) is 2.69. The first-order chi connectivity index (χ1) is 12.0. The van der Waals surface area contributed by atoms with Gasteiger partial charge >= 0.3 is 6.09 Å². The van der Waals surface area contributed by atoms with Crippen molar-refractivity contribution in [2.75, 3.05) is 12.4 Å². The van der Waals surface area contributed by atoms with E-state index < -0.39 is 11.9 Å². The number of carbonyl (C=O) groups is 1. The van der Waals surface area contributed by atoms with Crippen molar-refractivity contribution < 1.29 is 23.4 Å². The van der Waals surface area contributed by atoms with Crippen LogP contribution in [0.15, 0.2) is 24.5 Å². The van der Waals surface area contributed by atoms with E-state index in [0.717, 1.165) is 17.1 Å². The van der Waals surface area contributed by atoms with Crippen LogP contribution in [0.25, 0.3) is 22.2 Å². The number of nitrogens with one attached hydrogen (secondary N) is 1.